The van der Waals surface area contributed by atoms with Gasteiger partial charge in [-0.15, -0.1) is 24.0 Å². The van der Waals surface area contributed by atoms with Crippen LogP contribution >= 0.6 is 24.0 Å². The van der Waals surface area contributed by atoms with Gasteiger partial charge in [0.25, 0.3) is 0 Å². The second-order valence-electron chi connectivity index (χ2n) is 7.99. The van der Waals surface area contributed by atoms with Crippen molar-refractivity contribution in [1.82, 2.24) is 20.4 Å². The zero-order chi connectivity index (χ0) is 22.1. The Morgan fingerprint density at radius 1 is 1.16 bits per heavy atom. The highest BCUT2D eigenvalue weighted by Gasteiger charge is 2.29. The SMILES string of the molecule is CN=C(NCCN1CCN(C(=O)C2CCCC2)CC1)NCc1ccccc1OC(F)F.I. The van der Waals surface area contributed by atoms with Crippen LogP contribution in [0.3, 0.4) is 0 Å². The summed E-state index contributed by atoms with van der Waals surface area (Å²) < 4.78 is 29.7. The molecule has 0 unspecified atom stereocenters. The molecule has 180 valence electrons. The van der Waals surface area contributed by atoms with Gasteiger partial charge in [-0.1, -0.05) is 31.0 Å². The summed E-state index contributed by atoms with van der Waals surface area (Å²) in [7, 11) is 1.67. The van der Waals surface area contributed by atoms with E-state index in [1.54, 1.807) is 25.2 Å². The average molecular weight is 565 g/mol. The predicted molar refractivity (Wildman–Crippen MR) is 132 cm³/mol. The molecule has 1 aromatic rings. The van der Waals surface area contributed by atoms with Crippen molar-refractivity contribution in [3.8, 4) is 5.75 Å². The minimum Gasteiger partial charge on any atom is -0.434 e. The van der Waals surface area contributed by atoms with E-state index < -0.39 is 6.61 Å². The van der Waals surface area contributed by atoms with Gasteiger partial charge in [-0.05, 0) is 18.9 Å². The summed E-state index contributed by atoms with van der Waals surface area (Å²) in [6.07, 6.45) is 4.46. The molecule has 2 N–H and O–H groups in total. The first kappa shape index (κ1) is 26.6. The number of alkyl halides is 2. The van der Waals surface area contributed by atoms with Crippen molar-refractivity contribution in [2.75, 3.05) is 46.3 Å². The van der Waals surface area contributed by atoms with Crippen LogP contribution in [0.2, 0.25) is 0 Å². The Hall–Kier alpha value is -1.69. The molecule has 1 saturated heterocycles. The number of nitrogens with zero attached hydrogens (tertiary/aromatic N) is 3. The number of piperazine rings is 1. The standard InChI is InChI=1S/C22H33F2N5O2.HI/c1-25-22(27-16-18-8-4-5-9-19(18)31-21(23)24)26-10-11-28-12-14-29(15-13-28)20(30)17-6-2-3-7-17;/h4-5,8-9,17,21H,2-3,6-7,10-16H2,1H3,(H2,25,26,27);1H. The zero-order valence-corrected chi connectivity index (χ0v) is 20.9. The van der Waals surface area contributed by atoms with Gasteiger partial charge >= 0.3 is 6.61 Å². The molecule has 1 aliphatic carbocycles. The number of para-hydroxylation sites is 1. The zero-order valence-electron chi connectivity index (χ0n) is 18.6. The van der Waals surface area contributed by atoms with Crippen LogP contribution in [-0.2, 0) is 11.3 Å². The van der Waals surface area contributed by atoms with Gasteiger partial charge in [-0.2, -0.15) is 8.78 Å². The normalized spacial score (nSPS) is 17.9. The molecule has 0 radical (unpaired) electrons. The number of carbonyl (C=O) groups excluding carboxylic acids is 1. The second-order valence-corrected chi connectivity index (χ2v) is 7.99. The molecule has 3 rings (SSSR count). The Bertz CT molecular complexity index is 739. The van der Waals surface area contributed by atoms with Crippen molar-refractivity contribution in [1.29, 1.82) is 0 Å². The van der Waals surface area contributed by atoms with E-state index in [2.05, 4.69) is 25.3 Å². The van der Waals surface area contributed by atoms with Gasteiger partial charge in [0, 0.05) is 64.3 Å². The number of guanidine groups is 1. The summed E-state index contributed by atoms with van der Waals surface area (Å²) in [5.41, 5.74) is 0.633. The number of halogens is 3. The van der Waals surface area contributed by atoms with Gasteiger partial charge < -0.3 is 20.3 Å². The number of nitrogens with one attached hydrogen (secondary N) is 2. The van der Waals surface area contributed by atoms with Crippen LogP contribution < -0.4 is 15.4 Å². The van der Waals surface area contributed by atoms with E-state index in [1.807, 2.05) is 4.90 Å². The maximum atomic E-state index is 12.6. The lowest BCUT2D eigenvalue weighted by Crippen LogP contribution is -2.51. The van der Waals surface area contributed by atoms with Gasteiger partial charge in [0.15, 0.2) is 5.96 Å². The maximum absolute atomic E-state index is 12.6. The lowest BCUT2D eigenvalue weighted by molar-refractivity contribution is -0.137. The molecule has 0 atom stereocenters. The monoisotopic (exact) mass is 565 g/mol. The minimum atomic E-state index is -2.85. The van der Waals surface area contributed by atoms with Crippen LogP contribution in [0.4, 0.5) is 8.78 Å². The first-order valence-corrected chi connectivity index (χ1v) is 11.0. The van der Waals surface area contributed by atoms with Crippen molar-refractivity contribution in [2.45, 2.75) is 38.8 Å². The number of benzene rings is 1. The Morgan fingerprint density at radius 2 is 1.84 bits per heavy atom. The van der Waals surface area contributed by atoms with E-state index >= 15 is 0 Å². The third kappa shape index (κ3) is 8.02. The average Bonchev–Trinajstić information content (AvgIpc) is 3.31. The highest BCUT2D eigenvalue weighted by Crippen LogP contribution is 2.27. The highest BCUT2D eigenvalue weighted by atomic mass is 127. The van der Waals surface area contributed by atoms with Gasteiger partial charge in [0.05, 0.1) is 0 Å². The van der Waals surface area contributed by atoms with E-state index in [0.29, 0.717) is 30.5 Å². The van der Waals surface area contributed by atoms with Crippen molar-refractivity contribution in [3.05, 3.63) is 29.8 Å². The summed E-state index contributed by atoms with van der Waals surface area (Å²) in [5, 5.41) is 6.39. The summed E-state index contributed by atoms with van der Waals surface area (Å²) in [6, 6.07) is 6.71. The Balaban J connectivity index is 0.00000363. The van der Waals surface area contributed by atoms with Crippen molar-refractivity contribution in [2.24, 2.45) is 10.9 Å². The number of rotatable bonds is 8. The summed E-state index contributed by atoms with van der Waals surface area (Å²) in [6.45, 7) is 2.36. The van der Waals surface area contributed by atoms with Crippen molar-refractivity contribution >= 4 is 35.8 Å². The molecular weight excluding hydrogens is 531 g/mol. The molecule has 10 heteroatoms. The maximum Gasteiger partial charge on any atom is 0.387 e. The van der Waals surface area contributed by atoms with Crippen LogP contribution in [0.25, 0.3) is 0 Å². The number of amides is 1. The topological polar surface area (TPSA) is 69.2 Å². The molecule has 1 amide bonds. The van der Waals surface area contributed by atoms with Crippen molar-refractivity contribution in [3.63, 3.8) is 0 Å². The van der Waals surface area contributed by atoms with Gasteiger partial charge in [0.2, 0.25) is 5.91 Å². The predicted octanol–water partition coefficient (Wildman–Crippen LogP) is 2.91. The number of ether oxygens (including phenoxy) is 1. The molecule has 0 spiro atoms. The lowest BCUT2D eigenvalue weighted by atomic mass is 10.1. The minimum absolute atomic E-state index is 0. The fourth-order valence-electron chi connectivity index (χ4n) is 4.22. The summed E-state index contributed by atoms with van der Waals surface area (Å²) in [5.74, 6) is 1.35. The molecule has 1 aliphatic heterocycles. The molecular formula is C22H34F2IN5O2. The number of aliphatic imine (C=N–C) groups is 1. The third-order valence-electron chi connectivity index (χ3n) is 5.97. The Morgan fingerprint density at radius 3 is 2.50 bits per heavy atom. The highest BCUT2D eigenvalue weighted by molar-refractivity contribution is 14.0. The molecule has 7 nitrogen and oxygen atoms in total. The van der Waals surface area contributed by atoms with Crippen LogP contribution in [-0.4, -0.2) is 74.6 Å². The first-order chi connectivity index (χ1) is 15.1. The molecule has 2 aliphatic rings. The second kappa shape index (κ2) is 13.8. The van der Waals surface area contributed by atoms with Gasteiger partial charge in [0.1, 0.15) is 5.75 Å². The fraction of sp³-hybridized carbons (Fsp3) is 0.636. The third-order valence-corrected chi connectivity index (χ3v) is 5.97. The Kier molecular flexibility index (Phi) is 11.4. The van der Waals surface area contributed by atoms with Crippen LogP contribution in [0.5, 0.6) is 5.75 Å². The smallest absolute Gasteiger partial charge is 0.387 e. The molecule has 1 heterocycles. The van der Waals surface area contributed by atoms with E-state index in [1.165, 1.54) is 18.9 Å². The lowest BCUT2D eigenvalue weighted by Gasteiger charge is -2.36. The number of carbonyl (C=O) groups is 1. The van der Waals surface area contributed by atoms with Crippen LogP contribution in [0.1, 0.15) is 31.2 Å². The van der Waals surface area contributed by atoms with Crippen LogP contribution in [0, 0.1) is 5.92 Å². The van der Waals surface area contributed by atoms with Crippen molar-refractivity contribution < 1.29 is 18.3 Å². The molecule has 32 heavy (non-hydrogen) atoms. The molecule has 1 aromatic carbocycles. The van der Waals surface area contributed by atoms with E-state index in [0.717, 1.165) is 45.6 Å². The number of hydrogen-bond donors (Lipinski definition) is 2. The molecule has 0 bridgehead atoms. The van der Waals surface area contributed by atoms with E-state index in [-0.39, 0.29) is 35.6 Å². The quantitative estimate of drug-likeness (QED) is 0.289. The van der Waals surface area contributed by atoms with Gasteiger partial charge in [-0.3, -0.25) is 14.7 Å². The molecule has 0 aromatic heterocycles. The number of hydrogen-bond acceptors (Lipinski definition) is 4. The van der Waals surface area contributed by atoms with E-state index in [9.17, 15) is 13.6 Å². The van der Waals surface area contributed by atoms with E-state index in [4.69, 9.17) is 0 Å². The molecule has 2 fully saturated rings. The first-order valence-electron chi connectivity index (χ1n) is 11.0. The molecule has 1 saturated carbocycles. The Labute approximate surface area is 206 Å². The van der Waals surface area contributed by atoms with Crippen LogP contribution in [0.15, 0.2) is 29.3 Å². The van der Waals surface area contributed by atoms with Gasteiger partial charge in [-0.25, -0.2) is 0 Å². The summed E-state index contributed by atoms with van der Waals surface area (Å²) >= 11 is 0. The fourth-order valence-corrected chi connectivity index (χ4v) is 4.22. The largest absolute Gasteiger partial charge is 0.434 e. The summed E-state index contributed by atoms with van der Waals surface area (Å²) in [4.78, 5) is 21.1.